The monoisotopic (exact) mass is 392 g/mol. The van der Waals surface area contributed by atoms with Gasteiger partial charge in [-0.25, -0.2) is 5.01 Å². The molecule has 7 heteroatoms. The first-order valence-corrected chi connectivity index (χ1v) is 9.42. The van der Waals surface area contributed by atoms with Gasteiger partial charge in [0.15, 0.2) is 0 Å². The average molecular weight is 392 g/mol. The Balaban J connectivity index is 1.86. The fourth-order valence-corrected chi connectivity index (χ4v) is 3.08. The van der Waals surface area contributed by atoms with Crippen molar-refractivity contribution in [3.8, 4) is 0 Å². The highest BCUT2D eigenvalue weighted by atomic mass is 16.2. The molecule has 0 aromatic heterocycles. The summed E-state index contributed by atoms with van der Waals surface area (Å²) in [6.07, 6.45) is 0.487. The van der Waals surface area contributed by atoms with Gasteiger partial charge in [-0.05, 0) is 55.7 Å². The van der Waals surface area contributed by atoms with Gasteiger partial charge in [0, 0.05) is 31.1 Å². The Hall–Kier alpha value is -3.48. The molecule has 0 saturated heterocycles. The van der Waals surface area contributed by atoms with Crippen LogP contribution >= 0.6 is 0 Å². The molecule has 2 aromatic rings. The van der Waals surface area contributed by atoms with Gasteiger partial charge in [0.25, 0.3) is 5.91 Å². The predicted octanol–water partition coefficient (Wildman–Crippen LogP) is 3.69. The van der Waals surface area contributed by atoms with E-state index in [0.29, 0.717) is 17.1 Å². The highest BCUT2D eigenvalue weighted by Crippen LogP contribution is 2.26. The lowest BCUT2D eigenvalue weighted by molar-refractivity contribution is -0.119. The van der Waals surface area contributed by atoms with Crippen molar-refractivity contribution in [1.82, 2.24) is 0 Å². The van der Waals surface area contributed by atoms with E-state index in [4.69, 9.17) is 0 Å². The summed E-state index contributed by atoms with van der Waals surface area (Å²) >= 11 is 0. The summed E-state index contributed by atoms with van der Waals surface area (Å²) in [5, 5.41) is 11.2. The van der Waals surface area contributed by atoms with Gasteiger partial charge in [0.05, 0.1) is 5.69 Å². The van der Waals surface area contributed by atoms with E-state index < -0.39 is 0 Å². The zero-order chi connectivity index (χ0) is 21.1. The maximum absolute atomic E-state index is 12.8. The maximum Gasteiger partial charge on any atom is 0.271 e. The van der Waals surface area contributed by atoms with Gasteiger partial charge in [-0.3, -0.25) is 14.4 Å². The zero-order valence-electron chi connectivity index (χ0n) is 17.0. The smallest absolute Gasteiger partial charge is 0.271 e. The van der Waals surface area contributed by atoms with Gasteiger partial charge in [0.2, 0.25) is 11.8 Å². The Kier molecular flexibility index (Phi) is 5.77. The topological polar surface area (TPSA) is 90.9 Å². The Morgan fingerprint density at radius 2 is 1.69 bits per heavy atom. The minimum absolute atomic E-state index is 0.140. The van der Waals surface area contributed by atoms with E-state index in [-0.39, 0.29) is 36.3 Å². The molecule has 0 saturated carbocycles. The summed E-state index contributed by atoms with van der Waals surface area (Å²) in [6, 6.07) is 11.1. The average Bonchev–Trinajstić information content (AvgIpc) is 2.66. The van der Waals surface area contributed by atoms with Crippen molar-refractivity contribution in [2.24, 2.45) is 5.10 Å². The van der Waals surface area contributed by atoms with E-state index >= 15 is 0 Å². The molecule has 0 aliphatic carbocycles. The quantitative estimate of drug-likeness (QED) is 0.831. The van der Waals surface area contributed by atoms with E-state index in [1.54, 1.807) is 12.1 Å². The molecule has 7 nitrogen and oxygen atoms in total. The second-order valence-electron chi connectivity index (χ2n) is 7.21. The number of nitrogens with one attached hydrogen (secondary N) is 2. The molecule has 0 fully saturated rings. The third-order valence-electron chi connectivity index (χ3n) is 4.69. The number of carbonyl (C=O) groups is 3. The number of amides is 3. The molecule has 0 unspecified atom stereocenters. The molecule has 1 aliphatic heterocycles. The van der Waals surface area contributed by atoms with Crippen molar-refractivity contribution < 1.29 is 14.4 Å². The molecule has 2 aromatic carbocycles. The first kappa shape index (κ1) is 20.3. The summed E-state index contributed by atoms with van der Waals surface area (Å²) in [6.45, 7) is 7.14. The SMILES string of the molecule is CC(=O)Nc1ccc(C)c(NC(=O)C2=NN(c3cc(C)ccc3C)C(=O)CC2)c1. The van der Waals surface area contributed by atoms with Gasteiger partial charge < -0.3 is 10.6 Å². The third kappa shape index (κ3) is 4.68. The molecule has 0 spiro atoms. The summed E-state index contributed by atoms with van der Waals surface area (Å²) in [4.78, 5) is 36.5. The molecule has 150 valence electrons. The lowest BCUT2D eigenvalue weighted by atomic mass is 10.1. The summed E-state index contributed by atoms with van der Waals surface area (Å²) in [5.41, 5.74) is 4.92. The number of hydrazone groups is 1. The Labute approximate surface area is 169 Å². The van der Waals surface area contributed by atoms with Gasteiger partial charge >= 0.3 is 0 Å². The highest BCUT2D eigenvalue weighted by Gasteiger charge is 2.26. The second-order valence-corrected chi connectivity index (χ2v) is 7.21. The molecule has 0 bridgehead atoms. The van der Waals surface area contributed by atoms with E-state index in [1.165, 1.54) is 11.9 Å². The number of carbonyl (C=O) groups excluding carboxylic acids is 3. The lowest BCUT2D eigenvalue weighted by Gasteiger charge is -2.25. The highest BCUT2D eigenvalue weighted by molar-refractivity contribution is 6.44. The van der Waals surface area contributed by atoms with Crippen LogP contribution in [0.25, 0.3) is 0 Å². The number of hydrogen-bond acceptors (Lipinski definition) is 4. The van der Waals surface area contributed by atoms with E-state index in [2.05, 4.69) is 15.7 Å². The molecule has 1 aliphatic rings. The van der Waals surface area contributed by atoms with Crippen LogP contribution in [0.2, 0.25) is 0 Å². The Morgan fingerprint density at radius 1 is 0.966 bits per heavy atom. The fraction of sp³-hybridized carbons (Fsp3) is 0.273. The van der Waals surface area contributed by atoms with Gasteiger partial charge in [-0.1, -0.05) is 18.2 Å². The van der Waals surface area contributed by atoms with Crippen molar-refractivity contribution in [3.63, 3.8) is 0 Å². The first-order valence-electron chi connectivity index (χ1n) is 9.42. The van der Waals surface area contributed by atoms with Crippen LogP contribution in [-0.2, 0) is 14.4 Å². The van der Waals surface area contributed by atoms with Crippen molar-refractivity contribution in [2.75, 3.05) is 15.6 Å². The maximum atomic E-state index is 12.8. The standard InChI is InChI=1S/C22H24N4O3/c1-13-5-6-15(3)20(11-13)26-21(28)10-9-18(25-26)22(29)24-19-12-17(23-16(4)27)8-7-14(19)2/h5-8,11-12H,9-10H2,1-4H3,(H,23,27)(H,24,29). The molecular weight excluding hydrogens is 368 g/mol. The molecule has 3 rings (SSSR count). The number of rotatable bonds is 4. The zero-order valence-corrected chi connectivity index (χ0v) is 17.0. The van der Waals surface area contributed by atoms with Crippen molar-refractivity contribution >= 4 is 40.5 Å². The first-order chi connectivity index (χ1) is 13.7. The lowest BCUT2D eigenvalue weighted by Crippen LogP contribution is -2.36. The molecular formula is C22H24N4O3. The Bertz CT molecular complexity index is 1030. The van der Waals surface area contributed by atoms with Crippen molar-refractivity contribution in [2.45, 2.75) is 40.5 Å². The molecule has 0 atom stereocenters. The van der Waals surface area contributed by atoms with Gasteiger partial charge in [-0.2, -0.15) is 5.10 Å². The second kappa shape index (κ2) is 8.26. The summed E-state index contributed by atoms with van der Waals surface area (Å²) in [5.74, 6) is -0.694. The molecule has 3 amide bonds. The summed E-state index contributed by atoms with van der Waals surface area (Å²) < 4.78 is 0. The van der Waals surface area contributed by atoms with Crippen LogP contribution in [0.4, 0.5) is 17.1 Å². The van der Waals surface area contributed by atoms with Crippen LogP contribution in [0.1, 0.15) is 36.5 Å². The van der Waals surface area contributed by atoms with Crippen LogP contribution in [0, 0.1) is 20.8 Å². The van der Waals surface area contributed by atoms with E-state index in [1.807, 2.05) is 45.0 Å². The third-order valence-corrected chi connectivity index (χ3v) is 4.69. The van der Waals surface area contributed by atoms with Crippen molar-refractivity contribution in [3.05, 3.63) is 53.1 Å². The largest absolute Gasteiger partial charge is 0.326 e. The van der Waals surface area contributed by atoms with E-state index in [0.717, 1.165) is 16.7 Å². The number of aryl methyl sites for hydroxylation is 3. The van der Waals surface area contributed by atoms with Gasteiger partial charge in [0.1, 0.15) is 5.71 Å². The molecule has 1 heterocycles. The number of anilines is 3. The van der Waals surface area contributed by atoms with Crippen LogP contribution in [0.5, 0.6) is 0 Å². The molecule has 0 radical (unpaired) electrons. The van der Waals surface area contributed by atoms with Crippen LogP contribution in [0.3, 0.4) is 0 Å². The molecule has 2 N–H and O–H groups in total. The minimum atomic E-state index is -0.365. The van der Waals surface area contributed by atoms with Crippen molar-refractivity contribution in [1.29, 1.82) is 0 Å². The number of nitrogens with zero attached hydrogens (tertiary/aromatic N) is 2. The van der Waals surface area contributed by atoms with Crippen LogP contribution in [-0.4, -0.2) is 23.4 Å². The number of hydrogen-bond donors (Lipinski definition) is 2. The number of benzene rings is 2. The van der Waals surface area contributed by atoms with E-state index in [9.17, 15) is 14.4 Å². The predicted molar refractivity (Wildman–Crippen MR) is 114 cm³/mol. The normalized spacial score (nSPS) is 13.7. The Morgan fingerprint density at radius 3 is 2.41 bits per heavy atom. The van der Waals surface area contributed by atoms with Crippen LogP contribution < -0.4 is 15.6 Å². The minimum Gasteiger partial charge on any atom is -0.326 e. The van der Waals surface area contributed by atoms with Crippen LogP contribution in [0.15, 0.2) is 41.5 Å². The van der Waals surface area contributed by atoms with Gasteiger partial charge in [-0.15, -0.1) is 0 Å². The summed E-state index contributed by atoms with van der Waals surface area (Å²) in [7, 11) is 0. The molecule has 29 heavy (non-hydrogen) atoms. The fourth-order valence-electron chi connectivity index (χ4n) is 3.08.